The molecule has 1 aliphatic heterocycles. The van der Waals surface area contributed by atoms with Crippen LogP contribution in [-0.2, 0) is 30.0 Å². The number of nitrogens with zero attached hydrogens (tertiary/aromatic N) is 1. The van der Waals surface area contributed by atoms with Crippen LogP contribution in [0, 0.1) is 0 Å². The van der Waals surface area contributed by atoms with Gasteiger partial charge in [0.25, 0.3) is 5.91 Å². The molecular weight excluding hydrogens is 435 g/mol. The van der Waals surface area contributed by atoms with Crippen molar-refractivity contribution in [3.05, 3.63) is 35.0 Å². The average Bonchev–Trinajstić information content (AvgIpc) is 3.06. The number of carbonyl (C=O) groups is 3. The first kappa shape index (κ1) is 25.0. The van der Waals surface area contributed by atoms with Crippen LogP contribution in [-0.4, -0.2) is 68.3 Å². The zero-order chi connectivity index (χ0) is 23.9. The highest BCUT2D eigenvalue weighted by Crippen LogP contribution is 2.35. The quantitative estimate of drug-likeness (QED) is 0.358. The Kier molecular flexibility index (Phi) is 8.47. The molecule has 0 spiro atoms. The molecule has 2 rings (SSSR count). The first-order valence-corrected chi connectivity index (χ1v) is 9.63. The molecule has 0 bridgehead atoms. The van der Waals surface area contributed by atoms with Crippen molar-refractivity contribution in [1.29, 1.82) is 0 Å². The van der Waals surface area contributed by atoms with Crippen molar-refractivity contribution in [1.82, 2.24) is 4.90 Å². The Morgan fingerprint density at radius 3 is 2.50 bits per heavy atom. The van der Waals surface area contributed by atoms with Crippen molar-refractivity contribution in [3.63, 3.8) is 0 Å². The van der Waals surface area contributed by atoms with Gasteiger partial charge in [0.1, 0.15) is 5.70 Å². The van der Waals surface area contributed by atoms with E-state index in [1.165, 1.54) is 18.1 Å². The molecule has 1 aromatic rings. The van der Waals surface area contributed by atoms with E-state index in [-0.39, 0.29) is 55.3 Å². The number of ether oxygens (including phenoxy) is 2. The van der Waals surface area contributed by atoms with Crippen LogP contribution in [0.5, 0.6) is 0 Å². The fraction of sp³-hybridized carbons (Fsp3) is 0.450. The molecule has 0 saturated heterocycles. The van der Waals surface area contributed by atoms with Gasteiger partial charge in [0.2, 0.25) is 0 Å². The number of β-amino-alcohol motifs (C(OH)–C–C–N with tert-alkyl or cyclic N) is 1. The summed E-state index contributed by atoms with van der Waals surface area (Å²) in [5, 5.41) is 14.7. The lowest BCUT2D eigenvalue weighted by Crippen LogP contribution is -2.31. The molecule has 176 valence electrons. The molecule has 0 saturated carbocycles. The van der Waals surface area contributed by atoms with Crippen molar-refractivity contribution >= 4 is 29.2 Å². The number of carbonyl (C=O) groups excluding carboxylic acids is 3. The number of aliphatic hydroxyl groups excluding tert-OH is 1. The summed E-state index contributed by atoms with van der Waals surface area (Å²) < 4.78 is 49.0. The molecule has 0 aromatic heterocycles. The van der Waals surface area contributed by atoms with E-state index in [1.807, 2.05) is 0 Å². The van der Waals surface area contributed by atoms with Crippen molar-refractivity contribution in [2.45, 2.75) is 19.0 Å². The third-order valence-electron chi connectivity index (χ3n) is 4.66. The lowest BCUT2D eigenvalue weighted by molar-refractivity contribution is -0.141. The molecule has 1 aromatic carbocycles. The maximum atomic E-state index is 13.3. The van der Waals surface area contributed by atoms with Crippen LogP contribution in [0.3, 0.4) is 0 Å². The zero-order valence-corrected chi connectivity index (χ0v) is 17.5. The van der Waals surface area contributed by atoms with Gasteiger partial charge < -0.3 is 30.1 Å². The van der Waals surface area contributed by atoms with Crippen LogP contribution in [0.25, 0.3) is 0 Å². The summed E-state index contributed by atoms with van der Waals surface area (Å²) in [5.41, 5.74) is -1.12. The van der Waals surface area contributed by atoms with Gasteiger partial charge in [-0.25, -0.2) is 4.79 Å². The molecule has 1 amide bonds. The topological polar surface area (TPSA) is 117 Å². The van der Waals surface area contributed by atoms with Gasteiger partial charge in [-0.3, -0.25) is 9.59 Å². The number of nitrogens with one attached hydrogen (secondary N) is 2. The third kappa shape index (κ3) is 6.13. The summed E-state index contributed by atoms with van der Waals surface area (Å²) >= 11 is 0. The van der Waals surface area contributed by atoms with Crippen molar-refractivity contribution in [2.75, 3.05) is 51.1 Å². The number of hydrogen-bond donors (Lipinski definition) is 3. The number of halogens is 3. The molecule has 1 aliphatic rings. The second-order valence-electron chi connectivity index (χ2n) is 6.79. The van der Waals surface area contributed by atoms with E-state index in [2.05, 4.69) is 20.1 Å². The molecule has 9 nitrogen and oxygen atoms in total. The summed E-state index contributed by atoms with van der Waals surface area (Å²) in [5.74, 6) is -1.90. The standard InChI is InChI=1S/C20H24F3N3O6/c1-31-16(28)4-3-7-24-14-6-5-12(20(21,22)23)10-15(14)25-17-13(19(30)32-2)11-26(8-9-27)18(17)29/h5-6,10,24-25,27H,3-4,7-9,11H2,1-2H3. The number of methoxy groups -OCH3 is 2. The summed E-state index contributed by atoms with van der Waals surface area (Å²) in [6.45, 7) is -0.340. The molecule has 3 N–H and O–H groups in total. The van der Waals surface area contributed by atoms with Gasteiger partial charge in [-0.15, -0.1) is 0 Å². The van der Waals surface area contributed by atoms with Crippen LogP contribution in [0.1, 0.15) is 18.4 Å². The van der Waals surface area contributed by atoms with Gasteiger partial charge in [0.15, 0.2) is 0 Å². The van der Waals surface area contributed by atoms with Crippen molar-refractivity contribution < 1.29 is 42.1 Å². The van der Waals surface area contributed by atoms with Crippen LogP contribution in [0.4, 0.5) is 24.5 Å². The van der Waals surface area contributed by atoms with Crippen LogP contribution in [0.2, 0.25) is 0 Å². The van der Waals surface area contributed by atoms with Crippen molar-refractivity contribution in [3.8, 4) is 0 Å². The van der Waals surface area contributed by atoms with Crippen LogP contribution in [0.15, 0.2) is 29.5 Å². The van der Waals surface area contributed by atoms with E-state index in [0.717, 1.165) is 19.2 Å². The molecule has 32 heavy (non-hydrogen) atoms. The number of benzene rings is 1. The van der Waals surface area contributed by atoms with Crippen LogP contribution < -0.4 is 10.6 Å². The number of rotatable bonds is 10. The Labute approximate surface area is 182 Å². The van der Waals surface area contributed by atoms with E-state index in [1.54, 1.807) is 0 Å². The number of alkyl halides is 3. The fourth-order valence-corrected chi connectivity index (χ4v) is 3.02. The Balaban J connectivity index is 2.36. The Morgan fingerprint density at radius 2 is 1.91 bits per heavy atom. The molecule has 1 heterocycles. The molecule has 0 atom stereocenters. The highest BCUT2D eigenvalue weighted by atomic mass is 19.4. The first-order chi connectivity index (χ1) is 15.1. The Bertz CT molecular complexity index is 901. The number of esters is 2. The minimum atomic E-state index is -4.64. The van der Waals surface area contributed by atoms with Crippen molar-refractivity contribution in [2.24, 2.45) is 0 Å². The number of aliphatic hydroxyl groups is 1. The smallest absolute Gasteiger partial charge is 0.416 e. The molecule has 0 aliphatic carbocycles. The summed E-state index contributed by atoms with van der Waals surface area (Å²) in [6, 6.07) is 2.87. The van der Waals surface area contributed by atoms with Gasteiger partial charge >= 0.3 is 18.1 Å². The minimum absolute atomic E-state index is 0.0638. The number of hydrogen-bond acceptors (Lipinski definition) is 8. The fourth-order valence-electron chi connectivity index (χ4n) is 3.02. The van der Waals surface area contributed by atoms with Gasteiger partial charge in [0.05, 0.1) is 49.9 Å². The highest BCUT2D eigenvalue weighted by molar-refractivity contribution is 6.09. The number of amides is 1. The molecule has 0 fully saturated rings. The molecule has 12 heteroatoms. The van der Waals surface area contributed by atoms with Crippen LogP contribution >= 0.6 is 0 Å². The van der Waals surface area contributed by atoms with E-state index >= 15 is 0 Å². The van der Waals surface area contributed by atoms with E-state index in [4.69, 9.17) is 5.11 Å². The van der Waals surface area contributed by atoms with E-state index < -0.39 is 29.6 Å². The minimum Gasteiger partial charge on any atom is -0.469 e. The number of anilines is 2. The molecular formula is C20H24F3N3O6. The normalized spacial score (nSPS) is 13.9. The third-order valence-corrected chi connectivity index (χ3v) is 4.66. The summed E-state index contributed by atoms with van der Waals surface area (Å²) in [6.07, 6.45) is -4.17. The predicted octanol–water partition coefficient (Wildman–Crippen LogP) is 1.74. The van der Waals surface area contributed by atoms with E-state index in [0.29, 0.717) is 6.42 Å². The second kappa shape index (κ2) is 10.8. The monoisotopic (exact) mass is 459 g/mol. The Morgan fingerprint density at radius 1 is 1.19 bits per heavy atom. The average molecular weight is 459 g/mol. The Hall–Kier alpha value is -3.28. The second-order valence-corrected chi connectivity index (χ2v) is 6.79. The lowest BCUT2D eigenvalue weighted by Gasteiger charge is -2.18. The molecule has 0 radical (unpaired) electrons. The zero-order valence-electron chi connectivity index (χ0n) is 17.5. The summed E-state index contributed by atoms with van der Waals surface area (Å²) in [7, 11) is 2.36. The maximum absolute atomic E-state index is 13.3. The summed E-state index contributed by atoms with van der Waals surface area (Å²) in [4.78, 5) is 37.2. The lowest BCUT2D eigenvalue weighted by atomic mass is 10.1. The highest BCUT2D eigenvalue weighted by Gasteiger charge is 2.36. The van der Waals surface area contributed by atoms with Gasteiger partial charge in [-0.05, 0) is 24.6 Å². The maximum Gasteiger partial charge on any atom is 0.416 e. The first-order valence-electron chi connectivity index (χ1n) is 9.63. The van der Waals surface area contributed by atoms with Gasteiger partial charge in [-0.1, -0.05) is 0 Å². The largest absolute Gasteiger partial charge is 0.469 e. The van der Waals surface area contributed by atoms with E-state index in [9.17, 15) is 27.6 Å². The van der Waals surface area contributed by atoms with Gasteiger partial charge in [0, 0.05) is 19.5 Å². The predicted molar refractivity (Wildman–Crippen MR) is 108 cm³/mol. The van der Waals surface area contributed by atoms with Gasteiger partial charge in [-0.2, -0.15) is 13.2 Å². The molecule has 0 unspecified atom stereocenters. The SMILES string of the molecule is COC(=O)CCCNc1ccc(C(F)(F)F)cc1NC1=C(C(=O)OC)CN(CCO)C1=O.